The van der Waals surface area contributed by atoms with Crippen LogP contribution in [0.25, 0.3) is 11.1 Å². The Balaban J connectivity index is 1.56. The Labute approximate surface area is 292 Å². The van der Waals surface area contributed by atoms with Gasteiger partial charge in [0.1, 0.15) is 17.4 Å². The van der Waals surface area contributed by atoms with Crippen molar-refractivity contribution >= 4 is 17.5 Å². The normalized spacial score (nSPS) is 17.9. The van der Waals surface area contributed by atoms with Crippen molar-refractivity contribution in [3.05, 3.63) is 71.2 Å². The standard InChI is InChI=1S/C40H55FN4O4/c1-27-33(36(38(46)47)49-39(2,3)4)35(45-23-19-40(5,6)20-24-45)34(37(43-27)42-26-29-16-21-44(7)22-17-29)30-10-14-32(15-11-30)48-25-18-28-8-12-31(41)13-9-28/h8-15,29,36H,16-26H2,1-7H3,(H,42,43)(H,46,47)/t36-/m0/s1. The van der Waals surface area contributed by atoms with Crippen LogP contribution < -0.4 is 15.0 Å². The van der Waals surface area contributed by atoms with Gasteiger partial charge >= 0.3 is 5.97 Å². The van der Waals surface area contributed by atoms with E-state index in [-0.39, 0.29) is 11.2 Å². The van der Waals surface area contributed by atoms with Crippen molar-refractivity contribution in [3.8, 4) is 16.9 Å². The van der Waals surface area contributed by atoms with Crippen LogP contribution in [0.1, 0.15) is 83.2 Å². The lowest BCUT2D eigenvalue weighted by molar-refractivity contribution is -0.160. The molecule has 0 unspecified atom stereocenters. The molecule has 8 nitrogen and oxygen atoms in total. The van der Waals surface area contributed by atoms with Crippen molar-refractivity contribution in [2.24, 2.45) is 11.3 Å². The first kappa shape index (κ1) is 36.6. The van der Waals surface area contributed by atoms with Crippen LogP contribution >= 0.6 is 0 Å². The first-order chi connectivity index (χ1) is 23.2. The third-order valence-electron chi connectivity index (χ3n) is 9.90. The number of carbonyl (C=O) groups is 1. The number of carboxylic acids is 1. The molecule has 1 atom stereocenters. The maximum absolute atomic E-state index is 13.3. The second kappa shape index (κ2) is 15.5. The highest BCUT2D eigenvalue weighted by Gasteiger charge is 2.37. The van der Waals surface area contributed by atoms with Gasteiger partial charge in [0.2, 0.25) is 0 Å². The summed E-state index contributed by atoms with van der Waals surface area (Å²) in [6.07, 6.45) is 3.70. The Morgan fingerprint density at radius 3 is 2.27 bits per heavy atom. The van der Waals surface area contributed by atoms with Crippen LogP contribution in [-0.4, -0.2) is 72.9 Å². The number of piperidine rings is 2. The number of likely N-dealkylation sites (tertiary alicyclic amines) is 1. The summed E-state index contributed by atoms with van der Waals surface area (Å²) in [6.45, 7) is 17.2. The Morgan fingerprint density at radius 2 is 1.67 bits per heavy atom. The summed E-state index contributed by atoms with van der Waals surface area (Å²) < 4.78 is 25.7. The van der Waals surface area contributed by atoms with Crippen molar-refractivity contribution in [3.63, 3.8) is 0 Å². The molecule has 0 aliphatic carbocycles. The van der Waals surface area contributed by atoms with Gasteiger partial charge in [-0.1, -0.05) is 38.1 Å². The molecule has 1 aromatic heterocycles. The molecule has 266 valence electrons. The van der Waals surface area contributed by atoms with Gasteiger partial charge in [-0.3, -0.25) is 0 Å². The first-order valence-electron chi connectivity index (χ1n) is 17.8. The van der Waals surface area contributed by atoms with E-state index in [2.05, 4.69) is 36.0 Å². The number of carboxylic acid groups (broad SMARTS) is 1. The minimum atomic E-state index is -1.19. The van der Waals surface area contributed by atoms with Gasteiger partial charge in [0, 0.05) is 42.9 Å². The van der Waals surface area contributed by atoms with Gasteiger partial charge in [-0.2, -0.15) is 0 Å². The molecular formula is C40H55FN4O4. The van der Waals surface area contributed by atoms with Crippen LogP contribution in [0.15, 0.2) is 48.5 Å². The van der Waals surface area contributed by atoms with E-state index in [4.69, 9.17) is 14.5 Å². The number of aromatic nitrogens is 1. The van der Waals surface area contributed by atoms with E-state index < -0.39 is 17.7 Å². The fourth-order valence-corrected chi connectivity index (χ4v) is 6.83. The maximum atomic E-state index is 13.3. The van der Waals surface area contributed by atoms with E-state index in [9.17, 15) is 14.3 Å². The average molecular weight is 675 g/mol. The monoisotopic (exact) mass is 674 g/mol. The summed E-state index contributed by atoms with van der Waals surface area (Å²) in [7, 11) is 2.17. The average Bonchev–Trinajstić information content (AvgIpc) is 3.04. The highest BCUT2D eigenvalue weighted by Crippen LogP contribution is 2.47. The minimum Gasteiger partial charge on any atom is -0.493 e. The van der Waals surface area contributed by atoms with Crippen LogP contribution in [-0.2, 0) is 16.0 Å². The topological polar surface area (TPSA) is 87.2 Å². The molecule has 49 heavy (non-hydrogen) atoms. The molecule has 2 fully saturated rings. The lowest BCUT2D eigenvalue weighted by Crippen LogP contribution is -2.39. The van der Waals surface area contributed by atoms with E-state index in [1.54, 1.807) is 12.1 Å². The van der Waals surface area contributed by atoms with Crippen LogP contribution in [0.3, 0.4) is 0 Å². The van der Waals surface area contributed by atoms with Gasteiger partial charge < -0.3 is 29.7 Å². The molecule has 2 N–H and O–H groups in total. The minimum absolute atomic E-state index is 0.204. The van der Waals surface area contributed by atoms with Crippen LogP contribution in [0.4, 0.5) is 15.9 Å². The van der Waals surface area contributed by atoms with Crippen molar-refractivity contribution < 1.29 is 23.8 Å². The number of halogens is 1. The number of rotatable bonds is 12. The predicted molar refractivity (Wildman–Crippen MR) is 195 cm³/mol. The van der Waals surface area contributed by atoms with Crippen molar-refractivity contribution in [2.45, 2.75) is 85.4 Å². The predicted octanol–water partition coefficient (Wildman–Crippen LogP) is 8.14. The summed E-state index contributed by atoms with van der Waals surface area (Å²) in [5.74, 6) is 0.748. The molecule has 0 bridgehead atoms. The van der Waals surface area contributed by atoms with Gasteiger partial charge in [0.05, 0.1) is 17.9 Å². The summed E-state index contributed by atoms with van der Waals surface area (Å²) in [5.41, 5.74) is 4.52. The highest BCUT2D eigenvalue weighted by atomic mass is 19.1. The Bertz CT molecular complexity index is 1550. The molecule has 5 rings (SSSR count). The lowest BCUT2D eigenvalue weighted by Gasteiger charge is -2.41. The second-order valence-electron chi connectivity index (χ2n) is 15.7. The largest absolute Gasteiger partial charge is 0.493 e. The van der Waals surface area contributed by atoms with Crippen molar-refractivity contribution in [1.82, 2.24) is 9.88 Å². The van der Waals surface area contributed by atoms with Crippen LogP contribution in [0.2, 0.25) is 0 Å². The summed E-state index contributed by atoms with van der Waals surface area (Å²) in [6, 6.07) is 14.5. The third kappa shape index (κ3) is 9.73. The number of anilines is 2. The van der Waals surface area contributed by atoms with E-state index in [1.807, 2.05) is 52.0 Å². The SMILES string of the molecule is Cc1nc(NCC2CCN(C)CC2)c(-c2ccc(OCCc3ccc(F)cc3)cc2)c(N2CCC(C)(C)CC2)c1[C@H](OC(C)(C)C)C(=O)O. The highest BCUT2D eigenvalue weighted by molar-refractivity contribution is 5.92. The number of nitrogens with one attached hydrogen (secondary N) is 1. The number of benzene rings is 2. The molecule has 3 aromatic rings. The quantitative estimate of drug-likeness (QED) is 0.199. The molecule has 0 radical (unpaired) electrons. The number of aryl methyl sites for hydroxylation is 1. The smallest absolute Gasteiger partial charge is 0.337 e. The lowest BCUT2D eigenvalue weighted by atomic mass is 9.82. The van der Waals surface area contributed by atoms with Crippen molar-refractivity contribution in [1.29, 1.82) is 0 Å². The first-order valence-corrected chi connectivity index (χ1v) is 17.8. The fourth-order valence-electron chi connectivity index (χ4n) is 6.83. The Kier molecular flexibility index (Phi) is 11.5. The molecule has 9 heteroatoms. The zero-order valence-corrected chi connectivity index (χ0v) is 30.4. The molecule has 0 saturated carbocycles. The van der Waals surface area contributed by atoms with E-state index >= 15 is 0 Å². The number of hydrogen-bond donors (Lipinski definition) is 2. The molecule has 2 aromatic carbocycles. The van der Waals surface area contributed by atoms with Gasteiger partial charge in [0.15, 0.2) is 6.10 Å². The zero-order valence-electron chi connectivity index (χ0n) is 30.4. The molecule has 0 amide bonds. The molecule has 3 heterocycles. The Morgan fingerprint density at radius 1 is 1.04 bits per heavy atom. The van der Waals surface area contributed by atoms with E-state index in [0.717, 1.165) is 92.4 Å². The molecule has 0 spiro atoms. The van der Waals surface area contributed by atoms with Gasteiger partial charge in [-0.25, -0.2) is 14.2 Å². The summed E-state index contributed by atoms with van der Waals surface area (Å²) >= 11 is 0. The molecular weight excluding hydrogens is 619 g/mol. The second-order valence-corrected chi connectivity index (χ2v) is 15.7. The van der Waals surface area contributed by atoms with E-state index in [1.165, 1.54) is 12.1 Å². The molecule has 2 aliphatic heterocycles. The van der Waals surface area contributed by atoms with Gasteiger partial charge in [0.25, 0.3) is 0 Å². The maximum Gasteiger partial charge on any atom is 0.337 e. The zero-order chi connectivity index (χ0) is 35.3. The van der Waals surface area contributed by atoms with Crippen LogP contribution in [0.5, 0.6) is 5.75 Å². The fraction of sp³-hybridized carbons (Fsp3) is 0.550. The van der Waals surface area contributed by atoms with Gasteiger partial charge in [-0.15, -0.1) is 0 Å². The number of ether oxygens (including phenoxy) is 2. The van der Waals surface area contributed by atoms with Gasteiger partial charge in [-0.05, 0) is 120 Å². The molecule has 2 aliphatic rings. The molecule has 2 saturated heterocycles. The van der Waals surface area contributed by atoms with E-state index in [0.29, 0.717) is 30.2 Å². The number of aliphatic carboxylic acids is 1. The number of hydrogen-bond acceptors (Lipinski definition) is 7. The summed E-state index contributed by atoms with van der Waals surface area (Å²) in [5, 5.41) is 14.4. The van der Waals surface area contributed by atoms with Crippen molar-refractivity contribution in [2.75, 3.05) is 56.6 Å². The number of pyridine rings is 1. The summed E-state index contributed by atoms with van der Waals surface area (Å²) in [4.78, 5) is 22.9. The Hall–Kier alpha value is -3.69. The van der Waals surface area contributed by atoms with Crippen LogP contribution in [0, 0.1) is 24.1 Å². The third-order valence-corrected chi connectivity index (χ3v) is 9.90. The number of nitrogens with zero attached hydrogens (tertiary/aromatic N) is 3.